The molecule has 1 saturated heterocycles. The molecule has 1 aliphatic heterocycles. The highest BCUT2D eigenvalue weighted by Crippen LogP contribution is 2.20. The van der Waals surface area contributed by atoms with Crippen LogP contribution in [0.3, 0.4) is 0 Å². The Balaban J connectivity index is 1.52. The number of hydrogen-bond donors (Lipinski definition) is 0. The highest BCUT2D eigenvalue weighted by Gasteiger charge is 2.35. The predicted molar refractivity (Wildman–Crippen MR) is 93.9 cm³/mol. The van der Waals surface area contributed by atoms with E-state index in [0.29, 0.717) is 24.6 Å². The molecule has 132 valence electrons. The van der Waals surface area contributed by atoms with E-state index in [0.717, 1.165) is 5.69 Å². The SMILES string of the molecule is Cc1cc(OC2CN(C(=O)C(C)Oc3ccccc3)C2)cc(=O)n1C. The molecular formula is C19H22N2O4. The number of hydrogen-bond acceptors (Lipinski definition) is 4. The molecule has 0 saturated carbocycles. The molecule has 0 spiro atoms. The van der Waals surface area contributed by atoms with E-state index in [1.54, 1.807) is 23.4 Å². The van der Waals surface area contributed by atoms with E-state index in [4.69, 9.17) is 9.47 Å². The summed E-state index contributed by atoms with van der Waals surface area (Å²) in [6, 6.07) is 12.6. The lowest BCUT2D eigenvalue weighted by molar-refractivity contribution is -0.146. The first-order chi connectivity index (χ1) is 11.9. The Morgan fingerprint density at radius 2 is 1.84 bits per heavy atom. The van der Waals surface area contributed by atoms with Crippen LogP contribution >= 0.6 is 0 Å². The number of likely N-dealkylation sites (tertiary alicyclic amines) is 1. The van der Waals surface area contributed by atoms with Gasteiger partial charge >= 0.3 is 0 Å². The van der Waals surface area contributed by atoms with Crippen molar-refractivity contribution < 1.29 is 14.3 Å². The van der Waals surface area contributed by atoms with Crippen LogP contribution in [0.15, 0.2) is 47.3 Å². The minimum Gasteiger partial charge on any atom is -0.486 e. The lowest BCUT2D eigenvalue weighted by atomic mass is 10.1. The van der Waals surface area contributed by atoms with E-state index in [9.17, 15) is 9.59 Å². The quantitative estimate of drug-likeness (QED) is 0.831. The second-order valence-electron chi connectivity index (χ2n) is 6.29. The molecule has 2 heterocycles. The van der Waals surface area contributed by atoms with E-state index < -0.39 is 6.10 Å². The highest BCUT2D eigenvalue weighted by molar-refractivity contribution is 5.81. The summed E-state index contributed by atoms with van der Waals surface area (Å²) < 4.78 is 13.0. The number of benzene rings is 1. The summed E-state index contributed by atoms with van der Waals surface area (Å²) in [6.45, 7) is 4.59. The number of amides is 1. The average molecular weight is 342 g/mol. The van der Waals surface area contributed by atoms with Crippen LogP contribution in [0.2, 0.25) is 0 Å². The first-order valence-electron chi connectivity index (χ1n) is 8.29. The predicted octanol–water partition coefficient (Wildman–Crippen LogP) is 1.75. The summed E-state index contributed by atoms with van der Waals surface area (Å²) in [5.41, 5.74) is 0.728. The highest BCUT2D eigenvalue weighted by atomic mass is 16.5. The van der Waals surface area contributed by atoms with Gasteiger partial charge in [-0.05, 0) is 32.0 Å². The normalized spacial score (nSPS) is 15.4. The summed E-state index contributed by atoms with van der Waals surface area (Å²) in [5.74, 6) is 1.16. The van der Waals surface area contributed by atoms with Crippen molar-refractivity contribution in [2.24, 2.45) is 7.05 Å². The van der Waals surface area contributed by atoms with Crippen molar-refractivity contribution in [2.45, 2.75) is 26.1 Å². The van der Waals surface area contributed by atoms with E-state index in [-0.39, 0.29) is 17.6 Å². The second kappa shape index (κ2) is 7.01. The van der Waals surface area contributed by atoms with Crippen molar-refractivity contribution in [3.63, 3.8) is 0 Å². The van der Waals surface area contributed by atoms with Crippen LogP contribution in [0.5, 0.6) is 11.5 Å². The Kier molecular flexibility index (Phi) is 4.79. The number of para-hydroxylation sites is 1. The van der Waals surface area contributed by atoms with Gasteiger partial charge in [0.15, 0.2) is 6.10 Å². The zero-order valence-electron chi connectivity index (χ0n) is 14.6. The zero-order chi connectivity index (χ0) is 18.0. The van der Waals surface area contributed by atoms with Gasteiger partial charge in [-0.2, -0.15) is 0 Å². The van der Waals surface area contributed by atoms with Crippen LogP contribution in [-0.2, 0) is 11.8 Å². The van der Waals surface area contributed by atoms with Gasteiger partial charge in [0.1, 0.15) is 17.6 Å². The van der Waals surface area contributed by atoms with Gasteiger partial charge in [-0.25, -0.2) is 0 Å². The number of carbonyl (C=O) groups excluding carboxylic acids is 1. The number of aromatic nitrogens is 1. The molecule has 6 nitrogen and oxygen atoms in total. The van der Waals surface area contributed by atoms with Crippen molar-refractivity contribution in [1.82, 2.24) is 9.47 Å². The Morgan fingerprint density at radius 1 is 1.16 bits per heavy atom. The van der Waals surface area contributed by atoms with Crippen LogP contribution in [-0.4, -0.2) is 40.7 Å². The molecule has 2 aromatic rings. The Morgan fingerprint density at radius 3 is 2.48 bits per heavy atom. The minimum atomic E-state index is -0.547. The molecule has 1 amide bonds. The Bertz CT molecular complexity index is 810. The average Bonchev–Trinajstić information content (AvgIpc) is 2.55. The lowest BCUT2D eigenvalue weighted by Crippen LogP contribution is -2.58. The third kappa shape index (κ3) is 3.84. The van der Waals surface area contributed by atoms with Crippen LogP contribution in [0.1, 0.15) is 12.6 Å². The van der Waals surface area contributed by atoms with Crippen molar-refractivity contribution >= 4 is 5.91 Å². The fourth-order valence-electron chi connectivity index (χ4n) is 2.70. The third-order valence-corrected chi connectivity index (χ3v) is 4.34. The smallest absolute Gasteiger partial charge is 0.263 e. The second-order valence-corrected chi connectivity index (χ2v) is 6.29. The maximum absolute atomic E-state index is 12.4. The Labute approximate surface area is 146 Å². The largest absolute Gasteiger partial charge is 0.486 e. The van der Waals surface area contributed by atoms with Gasteiger partial charge < -0.3 is 18.9 Å². The molecule has 0 aliphatic carbocycles. The van der Waals surface area contributed by atoms with Crippen LogP contribution in [0, 0.1) is 6.92 Å². The van der Waals surface area contributed by atoms with E-state index >= 15 is 0 Å². The van der Waals surface area contributed by atoms with Crippen molar-refractivity contribution in [3.8, 4) is 11.5 Å². The van der Waals surface area contributed by atoms with Crippen molar-refractivity contribution in [2.75, 3.05) is 13.1 Å². The molecule has 1 atom stereocenters. The van der Waals surface area contributed by atoms with Gasteiger partial charge in [0.25, 0.3) is 11.5 Å². The number of nitrogens with zero attached hydrogens (tertiary/aromatic N) is 2. The Hall–Kier alpha value is -2.76. The molecule has 0 bridgehead atoms. The summed E-state index contributed by atoms with van der Waals surface area (Å²) in [5, 5.41) is 0. The molecule has 1 aromatic heterocycles. The minimum absolute atomic E-state index is 0.0659. The molecule has 0 N–H and O–H groups in total. The molecule has 6 heteroatoms. The number of ether oxygens (including phenoxy) is 2. The van der Waals surface area contributed by atoms with Crippen molar-refractivity contribution in [1.29, 1.82) is 0 Å². The van der Waals surface area contributed by atoms with Gasteiger partial charge in [-0.1, -0.05) is 18.2 Å². The van der Waals surface area contributed by atoms with Gasteiger partial charge in [0, 0.05) is 18.8 Å². The van der Waals surface area contributed by atoms with Gasteiger partial charge in [-0.15, -0.1) is 0 Å². The molecule has 1 fully saturated rings. The van der Waals surface area contributed by atoms with Gasteiger partial charge in [-0.3, -0.25) is 9.59 Å². The maximum atomic E-state index is 12.4. The summed E-state index contributed by atoms with van der Waals surface area (Å²) >= 11 is 0. The fourth-order valence-corrected chi connectivity index (χ4v) is 2.70. The first-order valence-corrected chi connectivity index (χ1v) is 8.29. The topological polar surface area (TPSA) is 60.8 Å². The fraction of sp³-hybridized carbons (Fsp3) is 0.368. The standard InChI is InChI=1S/C19H22N2O4/c1-13-9-16(10-18(22)20(13)3)25-17-11-21(12-17)19(23)14(2)24-15-7-5-4-6-8-15/h4-10,14,17H,11-12H2,1-3H3. The van der Waals surface area contributed by atoms with E-state index in [1.807, 2.05) is 43.3 Å². The monoisotopic (exact) mass is 342 g/mol. The summed E-state index contributed by atoms with van der Waals surface area (Å²) in [6.07, 6.45) is -0.644. The molecule has 1 aliphatic rings. The van der Waals surface area contributed by atoms with E-state index in [2.05, 4.69) is 0 Å². The van der Waals surface area contributed by atoms with Crippen LogP contribution < -0.4 is 15.0 Å². The lowest BCUT2D eigenvalue weighted by Gasteiger charge is -2.40. The molecule has 25 heavy (non-hydrogen) atoms. The number of pyridine rings is 1. The first kappa shape index (κ1) is 17.1. The number of rotatable bonds is 5. The number of carbonyl (C=O) groups is 1. The van der Waals surface area contributed by atoms with Crippen molar-refractivity contribution in [3.05, 3.63) is 58.5 Å². The third-order valence-electron chi connectivity index (χ3n) is 4.34. The zero-order valence-corrected chi connectivity index (χ0v) is 14.6. The molecule has 0 radical (unpaired) electrons. The molecule has 1 unspecified atom stereocenters. The van der Waals surface area contributed by atoms with E-state index in [1.165, 1.54) is 6.07 Å². The molecule has 3 rings (SSSR count). The summed E-state index contributed by atoms with van der Waals surface area (Å²) in [7, 11) is 1.72. The molecule has 1 aromatic carbocycles. The van der Waals surface area contributed by atoms with Gasteiger partial charge in [0.05, 0.1) is 13.1 Å². The van der Waals surface area contributed by atoms with Gasteiger partial charge in [0.2, 0.25) is 0 Å². The maximum Gasteiger partial charge on any atom is 0.263 e. The molecular weight excluding hydrogens is 320 g/mol. The van der Waals surface area contributed by atoms with Crippen LogP contribution in [0.4, 0.5) is 0 Å². The van der Waals surface area contributed by atoms with Crippen LogP contribution in [0.25, 0.3) is 0 Å². The summed E-state index contributed by atoms with van der Waals surface area (Å²) in [4.78, 5) is 25.9. The number of aryl methyl sites for hydroxylation is 1.